The van der Waals surface area contributed by atoms with Gasteiger partial charge in [0.1, 0.15) is 0 Å². The Morgan fingerprint density at radius 2 is 0.824 bits per heavy atom. The highest BCUT2D eigenvalue weighted by Gasteiger charge is 2.32. The summed E-state index contributed by atoms with van der Waals surface area (Å²) in [6.45, 7) is 0.0876. The summed E-state index contributed by atoms with van der Waals surface area (Å²) in [6, 6.07) is 16.5. The Bertz CT molecular complexity index is 2610. The smallest absolute Gasteiger partial charge is 0.416 e. The number of aromatic nitrogens is 6. The van der Waals surface area contributed by atoms with Gasteiger partial charge in [-0.15, -0.1) is 0 Å². The van der Waals surface area contributed by atoms with Crippen molar-refractivity contribution in [3.8, 4) is 22.8 Å². The minimum absolute atomic E-state index is 0.0438. The monoisotopic (exact) mass is 1020 g/mol. The van der Waals surface area contributed by atoms with Crippen molar-refractivity contribution in [2.45, 2.75) is 101 Å². The Morgan fingerprint density at radius 3 is 1.11 bits per heavy atom. The molecule has 2 aliphatic carbocycles. The van der Waals surface area contributed by atoms with Crippen LogP contribution in [0, 0.1) is 11.8 Å². The van der Waals surface area contributed by atoms with Gasteiger partial charge >= 0.3 is 24.3 Å². The number of carbonyl (C=O) groups is 4. The highest BCUT2D eigenvalue weighted by atomic mass is 19.4. The molecule has 0 aliphatic heterocycles. The number of carboxylic acids is 2. The van der Waals surface area contributed by atoms with Gasteiger partial charge in [0.2, 0.25) is 0 Å². The number of nitrogens with zero attached hydrogens (tertiary/aromatic N) is 6. The molecular formula is C54H54F6N8O6. The number of alkyl halides is 6. The van der Waals surface area contributed by atoms with Crippen LogP contribution in [0.5, 0.6) is 0 Å². The Labute approximate surface area is 422 Å². The van der Waals surface area contributed by atoms with Crippen LogP contribution >= 0.6 is 0 Å². The molecule has 6 aromatic rings. The number of carboxylic acid groups (broad SMARTS) is 2. The molecule has 0 unspecified atom stereocenters. The van der Waals surface area contributed by atoms with Crippen LogP contribution in [-0.4, -0.2) is 77.0 Å². The zero-order valence-electron chi connectivity index (χ0n) is 40.1. The van der Waals surface area contributed by atoms with E-state index in [1.54, 1.807) is 49.1 Å². The Kier molecular flexibility index (Phi) is 18.2. The van der Waals surface area contributed by atoms with E-state index < -0.39 is 35.4 Å². The Balaban J connectivity index is 0.000000216. The number of nitrogens with one attached hydrogen (secondary N) is 2. The van der Waals surface area contributed by atoms with E-state index in [1.165, 1.54) is 36.7 Å². The van der Waals surface area contributed by atoms with Crippen LogP contribution < -0.4 is 10.6 Å². The van der Waals surface area contributed by atoms with Crippen molar-refractivity contribution >= 4 is 23.8 Å². The van der Waals surface area contributed by atoms with Gasteiger partial charge in [-0.25, -0.2) is 19.9 Å². The summed E-state index contributed by atoms with van der Waals surface area (Å²) in [7, 11) is 0. The zero-order chi connectivity index (χ0) is 52.8. The lowest BCUT2D eigenvalue weighted by Crippen LogP contribution is -2.26. The van der Waals surface area contributed by atoms with E-state index in [9.17, 15) is 45.5 Å². The summed E-state index contributed by atoms with van der Waals surface area (Å²) in [4.78, 5) is 72.3. The molecule has 2 amide bonds. The van der Waals surface area contributed by atoms with Crippen molar-refractivity contribution < 1.29 is 55.7 Å². The van der Waals surface area contributed by atoms with Gasteiger partial charge in [-0.2, -0.15) is 26.3 Å². The van der Waals surface area contributed by atoms with Crippen LogP contribution in [0.2, 0.25) is 0 Å². The first-order chi connectivity index (χ1) is 35.4. The summed E-state index contributed by atoms with van der Waals surface area (Å²) in [6.07, 6.45) is 11.0. The number of hydrogen-bond acceptors (Lipinski definition) is 10. The number of amides is 2. The fourth-order valence-electron chi connectivity index (χ4n) is 9.39. The van der Waals surface area contributed by atoms with Gasteiger partial charge < -0.3 is 20.8 Å². The predicted octanol–water partition coefficient (Wildman–Crippen LogP) is 10.6. The van der Waals surface area contributed by atoms with E-state index in [4.69, 9.17) is 10.2 Å². The molecule has 8 rings (SSSR count). The van der Waals surface area contributed by atoms with Crippen LogP contribution in [0.15, 0.2) is 110 Å². The van der Waals surface area contributed by atoms with Gasteiger partial charge in [0.05, 0.1) is 35.1 Å². The lowest BCUT2D eigenvalue weighted by molar-refractivity contribution is -0.138. The third-order valence-electron chi connectivity index (χ3n) is 13.4. The van der Waals surface area contributed by atoms with E-state index >= 15 is 0 Å². The number of benzene rings is 2. The van der Waals surface area contributed by atoms with Crippen LogP contribution in [-0.2, 0) is 34.8 Å². The molecule has 74 heavy (non-hydrogen) atoms. The maximum Gasteiger partial charge on any atom is 0.416 e. The molecule has 2 aromatic carbocycles. The first kappa shape index (κ1) is 54.1. The fourth-order valence-corrected chi connectivity index (χ4v) is 9.39. The fraction of sp³-hybridized carbons (Fsp3) is 0.370. The van der Waals surface area contributed by atoms with Gasteiger partial charge in [0.15, 0.2) is 11.6 Å². The molecule has 388 valence electrons. The molecule has 2 aliphatic rings. The van der Waals surface area contributed by atoms with Crippen molar-refractivity contribution in [3.63, 3.8) is 0 Å². The van der Waals surface area contributed by atoms with Crippen LogP contribution in [0.1, 0.15) is 130 Å². The zero-order valence-corrected chi connectivity index (χ0v) is 40.1. The van der Waals surface area contributed by atoms with E-state index in [0.717, 1.165) is 98.1 Å². The summed E-state index contributed by atoms with van der Waals surface area (Å²) in [5, 5.41) is 22.5. The van der Waals surface area contributed by atoms with Crippen molar-refractivity contribution in [1.29, 1.82) is 0 Å². The third-order valence-corrected chi connectivity index (χ3v) is 13.4. The summed E-state index contributed by atoms with van der Waals surface area (Å²) in [5.74, 6) is -0.898. The van der Waals surface area contributed by atoms with Crippen molar-refractivity contribution in [2.75, 3.05) is 13.1 Å². The second-order valence-corrected chi connectivity index (χ2v) is 18.4. The van der Waals surface area contributed by atoms with Gasteiger partial charge in [-0.3, -0.25) is 29.1 Å². The minimum Gasteiger partial charge on any atom is -0.481 e. The van der Waals surface area contributed by atoms with E-state index in [2.05, 4.69) is 40.5 Å². The molecule has 2 fully saturated rings. The van der Waals surface area contributed by atoms with Crippen LogP contribution in [0.25, 0.3) is 22.8 Å². The van der Waals surface area contributed by atoms with E-state index in [1.807, 2.05) is 0 Å². The number of carbonyl (C=O) groups excluding carboxylic acids is 2. The van der Waals surface area contributed by atoms with E-state index in [-0.39, 0.29) is 49.6 Å². The lowest BCUT2D eigenvalue weighted by Gasteiger charge is -2.23. The standard InChI is InChI=1S/2C27H27F3N4O3/c2*28-27(29,30)21-8-5-18(6-9-21)25-33-15-20(16-34-25)23(17-3-1-2-4-17)13-22-10-7-19(14-32-22)26(37)31-12-11-24(35)36/h2*5-10,14-17,23H,1-4,11-13H2,(H,31,37)(H,35,36)/t2*23-/m10/s1. The second kappa shape index (κ2) is 24.9. The van der Waals surface area contributed by atoms with Gasteiger partial charge in [-0.05, 0) is 122 Å². The Morgan fingerprint density at radius 1 is 0.486 bits per heavy atom. The molecule has 4 aromatic heterocycles. The summed E-state index contributed by atoms with van der Waals surface area (Å²) in [5.41, 5.74) is 3.81. The number of pyridine rings is 2. The molecular weight excluding hydrogens is 971 g/mol. The summed E-state index contributed by atoms with van der Waals surface area (Å²) >= 11 is 0. The normalized spacial score (nSPS) is 14.9. The first-order valence-corrected chi connectivity index (χ1v) is 24.3. The molecule has 4 heterocycles. The topological polar surface area (TPSA) is 210 Å². The molecule has 0 bridgehead atoms. The first-order valence-electron chi connectivity index (χ1n) is 24.3. The maximum absolute atomic E-state index is 12.9. The van der Waals surface area contributed by atoms with Crippen molar-refractivity contribution in [1.82, 2.24) is 40.5 Å². The van der Waals surface area contributed by atoms with Gasteiger partial charge in [0, 0.05) is 72.8 Å². The SMILES string of the molecule is O=C(O)CCNC(=O)c1ccc(C[C@@H](c2cnc(-c3ccc(C(F)(F)F)cc3)nc2)C2CCCC2)nc1.O=C(O)CCNC(=O)c1ccc(C[C@H](c2cnc(-c3ccc(C(F)(F)F)cc3)nc2)C2CCCC2)nc1. The molecule has 2 atom stereocenters. The number of halogens is 6. The van der Waals surface area contributed by atoms with Gasteiger partial charge in [-0.1, -0.05) is 49.9 Å². The molecule has 2 saturated carbocycles. The molecule has 14 nitrogen and oxygen atoms in total. The lowest BCUT2D eigenvalue weighted by atomic mass is 9.82. The summed E-state index contributed by atoms with van der Waals surface area (Å²) < 4.78 is 77.1. The van der Waals surface area contributed by atoms with Crippen LogP contribution in [0.3, 0.4) is 0 Å². The second-order valence-electron chi connectivity index (χ2n) is 18.4. The largest absolute Gasteiger partial charge is 0.481 e. The van der Waals surface area contributed by atoms with Crippen molar-refractivity contribution in [2.24, 2.45) is 11.8 Å². The van der Waals surface area contributed by atoms with E-state index in [0.29, 0.717) is 58.6 Å². The average molecular weight is 1030 g/mol. The van der Waals surface area contributed by atoms with Crippen molar-refractivity contribution in [3.05, 3.63) is 155 Å². The Hall–Kier alpha value is -7.64. The molecule has 0 saturated heterocycles. The highest BCUT2D eigenvalue weighted by molar-refractivity contribution is 5.94. The third kappa shape index (κ3) is 15.2. The average Bonchev–Trinajstić information content (AvgIpc) is 4.14. The number of aliphatic carboxylic acids is 2. The number of rotatable bonds is 18. The molecule has 0 spiro atoms. The molecule has 20 heteroatoms. The van der Waals surface area contributed by atoms with Crippen LogP contribution in [0.4, 0.5) is 26.3 Å². The minimum atomic E-state index is -4.39. The molecule has 0 radical (unpaired) electrons. The van der Waals surface area contributed by atoms with Gasteiger partial charge in [0.25, 0.3) is 11.8 Å². The maximum atomic E-state index is 12.9. The molecule has 4 N–H and O–H groups in total. The predicted molar refractivity (Wildman–Crippen MR) is 259 cm³/mol. The highest BCUT2D eigenvalue weighted by Crippen LogP contribution is 2.41. The quantitative estimate of drug-likeness (QED) is 0.0593. The number of hydrogen-bond donors (Lipinski definition) is 4.